The molecule has 1 aliphatic heterocycles. The van der Waals surface area contributed by atoms with Gasteiger partial charge in [0.05, 0.1) is 6.61 Å². The Kier molecular flexibility index (Phi) is 3.70. The quantitative estimate of drug-likeness (QED) is 0.621. The minimum absolute atomic E-state index is 0.324. The van der Waals surface area contributed by atoms with Crippen LogP contribution in [-0.4, -0.2) is 44.1 Å². The molecule has 0 aliphatic carbocycles. The summed E-state index contributed by atoms with van der Waals surface area (Å²) in [5.74, 6) is 0. The molecule has 6 nitrogen and oxygen atoms in total. The minimum Gasteiger partial charge on any atom is -0.358 e. The number of ether oxygens (including phenoxy) is 1. The zero-order valence-electron chi connectivity index (χ0n) is 9.36. The van der Waals surface area contributed by atoms with Crippen molar-refractivity contribution in [3.8, 4) is 0 Å². The lowest BCUT2D eigenvalue weighted by Gasteiger charge is -2.31. The molecule has 94 valence electrons. The fourth-order valence-corrected chi connectivity index (χ4v) is 1.93. The van der Waals surface area contributed by atoms with E-state index in [9.17, 15) is 0 Å². The van der Waals surface area contributed by atoms with Crippen LogP contribution in [0.5, 0.6) is 0 Å². The number of hydrogen-bond donors (Lipinski definition) is 3. The van der Waals surface area contributed by atoms with Crippen molar-refractivity contribution in [2.24, 2.45) is 0 Å². The van der Waals surface area contributed by atoms with Gasteiger partial charge in [-0.3, -0.25) is 4.98 Å². The van der Waals surface area contributed by atoms with Crippen LogP contribution in [0.2, 0.25) is 0 Å². The van der Waals surface area contributed by atoms with Gasteiger partial charge in [0.2, 0.25) is 0 Å². The molecule has 2 heterocycles. The SMILES string of the molecule is OC(O)(O)N1CCCC1OCc1cccnc1. The molecule has 0 amide bonds. The predicted molar refractivity (Wildman–Crippen MR) is 58.1 cm³/mol. The maximum absolute atomic E-state index is 9.13. The van der Waals surface area contributed by atoms with E-state index in [4.69, 9.17) is 20.1 Å². The molecule has 1 aromatic heterocycles. The Morgan fingerprint density at radius 2 is 2.29 bits per heavy atom. The van der Waals surface area contributed by atoms with Gasteiger partial charge in [-0.15, -0.1) is 0 Å². The topological polar surface area (TPSA) is 86.0 Å². The average Bonchev–Trinajstić information content (AvgIpc) is 2.75. The fraction of sp³-hybridized carbons (Fsp3) is 0.545. The molecule has 0 aromatic carbocycles. The lowest BCUT2D eigenvalue weighted by atomic mass is 10.3. The maximum Gasteiger partial charge on any atom is 0.347 e. The molecule has 0 spiro atoms. The Bertz CT molecular complexity index is 352. The molecule has 1 atom stereocenters. The van der Waals surface area contributed by atoms with Crippen molar-refractivity contribution in [2.75, 3.05) is 6.54 Å². The summed E-state index contributed by atoms with van der Waals surface area (Å²) in [5, 5.41) is 27.4. The van der Waals surface area contributed by atoms with Crippen LogP contribution in [-0.2, 0) is 11.3 Å². The molecule has 3 N–H and O–H groups in total. The minimum atomic E-state index is -2.81. The largest absolute Gasteiger partial charge is 0.358 e. The van der Waals surface area contributed by atoms with Crippen molar-refractivity contribution in [3.05, 3.63) is 30.1 Å². The van der Waals surface area contributed by atoms with Crippen molar-refractivity contribution < 1.29 is 20.1 Å². The summed E-state index contributed by atoms with van der Waals surface area (Å²) in [4.78, 5) is 5.07. The van der Waals surface area contributed by atoms with E-state index < -0.39 is 12.3 Å². The number of likely N-dealkylation sites (tertiary alicyclic amines) is 1. The molecule has 1 saturated heterocycles. The Morgan fingerprint density at radius 1 is 1.47 bits per heavy atom. The van der Waals surface area contributed by atoms with Crippen LogP contribution in [0, 0.1) is 0 Å². The standard InChI is InChI=1S/C11H16N2O4/c14-11(15,16)13-6-2-4-10(13)17-8-9-3-1-5-12-7-9/h1,3,5,7,10,14-16H,2,4,6,8H2. The van der Waals surface area contributed by atoms with Crippen molar-refractivity contribution in [2.45, 2.75) is 31.8 Å². The first-order valence-corrected chi connectivity index (χ1v) is 5.52. The van der Waals surface area contributed by atoms with Crippen LogP contribution >= 0.6 is 0 Å². The molecule has 1 fully saturated rings. The van der Waals surface area contributed by atoms with Gasteiger partial charge >= 0.3 is 6.10 Å². The number of hydrogen-bond acceptors (Lipinski definition) is 6. The Hall–Kier alpha value is -1.05. The van der Waals surface area contributed by atoms with Gasteiger partial charge in [0.1, 0.15) is 6.23 Å². The van der Waals surface area contributed by atoms with E-state index in [0.717, 1.165) is 16.9 Å². The highest BCUT2D eigenvalue weighted by Gasteiger charge is 2.39. The summed E-state index contributed by atoms with van der Waals surface area (Å²) >= 11 is 0. The van der Waals surface area contributed by atoms with Gasteiger partial charge < -0.3 is 20.1 Å². The van der Waals surface area contributed by atoms with Crippen LogP contribution in [0.15, 0.2) is 24.5 Å². The molecule has 0 radical (unpaired) electrons. The van der Waals surface area contributed by atoms with E-state index in [1.165, 1.54) is 0 Å². The van der Waals surface area contributed by atoms with E-state index in [1.54, 1.807) is 18.5 Å². The van der Waals surface area contributed by atoms with Crippen LogP contribution < -0.4 is 0 Å². The third kappa shape index (κ3) is 3.21. The van der Waals surface area contributed by atoms with Crippen LogP contribution in [0.4, 0.5) is 0 Å². The first kappa shape index (κ1) is 12.4. The smallest absolute Gasteiger partial charge is 0.347 e. The van der Waals surface area contributed by atoms with Gasteiger partial charge in [0.25, 0.3) is 0 Å². The van der Waals surface area contributed by atoms with Gasteiger partial charge in [-0.05, 0) is 24.5 Å². The highest BCUT2D eigenvalue weighted by molar-refractivity contribution is 5.06. The van der Waals surface area contributed by atoms with Crippen molar-refractivity contribution >= 4 is 0 Å². The first-order valence-electron chi connectivity index (χ1n) is 5.52. The predicted octanol–water partition coefficient (Wildman–Crippen LogP) is -0.392. The van der Waals surface area contributed by atoms with Gasteiger partial charge in [0.15, 0.2) is 0 Å². The van der Waals surface area contributed by atoms with Crippen LogP contribution in [0.25, 0.3) is 0 Å². The Labute approximate surface area is 99.1 Å². The summed E-state index contributed by atoms with van der Waals surface area (Å²) in [5.41, 5.74) is 0.902. The normalized spacial score (nSPS) is 21.9. The molecule has 0 bridgehead atoms. The van der Waals surface area contributed by atoms with E-state index in [-0.39, 0.29) is 0 Å². The summed E-state index contributed by atoms with van der Waals surface area (Å²) in [6.45, 7) is 0.715. The maximum atomic E-state index is 9.13. The Morgan fingerprint density at radius 3 is 2.94 bits per heavy atom. The molecule has 17 heavy (non-hydrogen) atoms. The second-order valence-corrected chi connectivity index (χ2v) is 4.06. The number of aliphatic hydroxyl groups is 3. The lowest BCUT2D eigenvalue weighted by molar-refractivity contribution is -0.410. The van der Waals surface area contributed by atoms with Gasteiger partial charge in [-0.25, -0.2) is 4.90 Å². The van der Waals surface area contributed by atoms with Crippen LogP contribution in [0.3, 0.4) is 0 Å². The molecule has 1 unspecified atom stereocenters. The molecule has 2 rings (SSSR count). The summed E-state index contributed by atoms with van der Waals surface area (Å²) in [6.07, 6.45) is 1.46. The molecule has 1 aliphatic rings. The zero-order valence-corrected chi connectivity index (χ0v) is 9.36. The van der Waals surface area contributed by atoms with Crippen molar-refractivity contribution in [3.63, 3.8) is 0 Å². The van der Waals surface area contributed by atoms with Crippen molar-refractivity contribution in [1.82, 2.24) is 9.88 Å². The second kappa shape index (κ2) is 5.07. The van der Waals surface area contributed by atoms with Crippen LogP contribution in [0.1, 0.15) is 18.4 Å². The summed E-state index contributed by atoms with van der Waals surface area (Å²) < 4.78 is 5.53. The van der Waals surface area contributed by atoms with E-state index >= 15 is 0 Å². The third-order valence-electron chi connectivity index (χ3n) is 2.75. The number of rotatable bonds is 4. The zero-order chi connectivity index (χ0) is 12.3. The molecule has 1 aromatic rings. The van der Waals surface area contributed by atoms with Gasteiger partial charge in [-0.2, -0.15) is 0 Å². The third-order valence-corrected chi connectivity index (χ3v) is 2.75. The molecular weight excluding hydrogens is 224 g/mol. The highest BCUT2D eigenvalue weighted by atomic mass is 16.7. The van der Waals surface area contributed by atoms with Gasteiger partial charge in [-0.1, -0.05) is 6.07 Å². The fourth-order valence-electron chi connectivity index (χ4n) is 1.93. The first-order chi connectivity index (χ1) is 8.07. The summed E-state index contributed by atoms with van der Waals surface area (Å²) in [6, 6.07) is 3.68. The number of aromatic nitrogens is 1. The lowest BCUT2D eigenvalue weighted by Crippen LogP contribution is -2.51. The van der Waals surface area contributed by atoms with Gasteiger partial charge in [0, 0.05) is 18.9 Å². The molecule has 0 saturated carbocycles. The highest BCUT2D eigenvalue weighted by Crippen LogP contribution is 2.24. The molecular formula is C11H16N2O4. The van der Waals surface area contributed by atoms with E-state index in [0.29, 0.717) is 19.6 Å². The van der Waals surface area contributed by atoms with Crippen molar-refractivity contribution in [1.29, 1.82) is 0 Å². The van der Waals surface area contributed by atoms with E-state index in [2.05, 4.69) is 4.98 Å². The average molecular weight is 240 g/mol. The molecule has 6 heteroatoms. The summed E-state index contributed by atoms with van der Waals surface area (Å²) in [7, 11) is 0. The number of nitrogens with zero attached hydrogens (tertiary/aromatic N) is 2. The Balaban J connectivity index is 1.91. The number of pyridine rings is 1. The monoisotopic (exact) mass is 240 g/mol. The van der Waals surface area contributed by atoms with E-state index in [1.807, 2.05) is 6.07 Å². The second-order valence-electron chi connectivity index (χ2n) is 4.06.